The molecule has 0 radical (unpaired) electrons. The molecule has 0 bridgehead atoms. The summed E-state index contributed by atoms with van der Waals surface area (Å²) in [6.45, 7) is 2.25. The number of phenolic OH excluding ortho intramolecular Hbond substituents is 1. The summed E-state index contributed by atoms with van der Waals surface area (Å²) >= 11 is 0. The SMILES string of the molecule is Cn1ncc(N=Cc2ccc(O)cc2)c1C(=O)N1CCOCC1. The fourth-order valence-corrected chi connectivity index (χ4v) is 2.39. The third-order valence-corrected chi connectivity index (χ3v) is 3.67. The van der Waals surface area contributed by atoms with Crippen LogP contribution in [0.4, 0.5) is 5.69 Å². The summed E-state index contributed by atoms with van der Waals surface area (Å²) < 4.78 is 6.82. The van der Waals surface area contributed by atoms with Crippen molar-refractivity contribution in [2.75, 3.05) is 26.3 Å². The zero-order valence-corrected chi connectivity index (χ0v) is 12.8. The third kappa shape index (κ3) is 3.40. The van der Waals surface area contributed by atoms with E-state index >= 15 is 0 Å². The summed E-state index contributed by atoms with van der Waals surface area (Å²) in [6.07, 6.45) is 3.22. The number of aromatic nitrogens is 2. The van der Waals surface area contributed by atoms with Crippen LogP contribution >= 0.6 is 0 Å². The van der Waals surface area contributed by atoms with Gasteiger partial charge in [-0.05, 0) is 29.8 Å². The quantitative estimate of drug-likeness (QED) is 0.867. The largest absolute Gasteiger partial charge is 0.508 e. The molecule has 1 saturated heterocycles. The van der Waals surface area contributed by atoms with Gasteiger partial charge in [0.2, 0.25) is 0 Å². The van der Waals surface area contributed by atoms with Crippen molar-refractivity contribution >= 4 is 17.8 Å². The first-order chi connectivity index (χ1) is 11.1. The molecule has 0 spiro atoms. The molecule has 1 N–H and O–H groups in total. The van der Waals surface area contributed by atoms with Crippen molar-refractivity contribution in [2.24, 2.45) is 12.0 Å². The van der Waals surface area contributed by atoms with Crippen LogP contribution in [0.15, 0.2) is 35.5 Å². The van der Waals surface area contributed by atoms with Crippen LogP contribution in [-0.4, -0.2) is 58.2 Å². The second-order valence-electron chi connectivity index (χ2n) is 5.26. The highest BCUT2D eigenvalue weighted by molar-refractivity contribution is 5.98. The molecule has 1 aromatic carbocycles. The van der Waals surface area contributed by atoms with Crippen molar-refractivity contribution in [1.29, 1.82) is 0 Å². The lowest BCUT2D eigenvalue weighted by Gasteiger charge is -2.26. The molecule has 7 heteroatoms. The van der Waals surface area contributed by atoms with Crippen LogP contribution in [0.25, 0.3) is 0 Å². The molecule has 120 valence electrons. The molecule has 0 atom stereocenters. The maximum Gasteiger partial charge on any atom is 0.274 e. The van der Waals surface area contributed by atoms with E-state index in [0.717, 1.165) is 5.56 Å². The molecule has 1 aliphatic heterocycles. The van der Waals surface area contributed by atoms with Crippen LogP contribution in [0.3, 0.4) is 0 Å². The molecule has 0 saturated carbocycles. The Morgan fingerprint density at radius 1 is 1.30 bits per heavy atom. The topological polar surface area (TPSA) is 79.9 Å². The first-order valence-electron chi connectivity index (χ1n) is 7.37. The van der Waals surface area contributed by atoms with Crippen molar-refractivity contribution < 1.29 is 14.6 Å². The second kappa shape index (κ2) is 6.62. The van der Waals surface area contributed by atoms with Crippen molar-refractivity contribution in [1.82, 2.24) is 14.7 Å². The average molecular weight is 314 g/mol. The number of hydrogen-bond acceptors (Lipinski definition) is 5. The van der Waals surface area contributed by atoms with E-state index in [1.807, 2.05) is 0 Å². The van der Waals surface area contributed by atoms with Gasteiger partial charge in [-0.1, -0.05) is 0 Å². The molecule has 1 aromatic heterocycles. The highest BCUT2D eigenvalue weighted by Gasteiger charge is 2.24. The Balaban J connectivity index is 1.83. The average Bonchev–Trinajstić information content (AvgIpc) is 2.95. The molecule has 0 unspecified atom stereocenters. The highest BCUT2D eigenvalue weighted by atomic mass is 16.5. The van der Waals surface area contributed by atoms with Gasteiger partial charge in [-0.3, -0.25) is 14.5 Å². The zero-order valence-electron chi connectivity index (χ0n) is 12.8. The monoisotopic (exact) mass is 314 g/mol. The Bertz CT molecular complexity index is 715. The van der Waals surface area contributed by atoms with Gasteiger partial charge in [0.05, 0.1) is 19.4 Å². The molecule has 1 amide bonds. The van der Waals surface area contributed by atoms with Crippen LogP contribution in [0.5, 0.6) is 5.75 Å². The van der Waals surface area contributed by atoms with Gasteiger partial charge in [0, 0.05) is 26.4 Å². The highest BCUT2D eigenvalue weighted by Crippen LogP contribution is 2.20. The number of amides is 1. The predicted molar refractivity (Wildman–Crippen MR) is 85.3 cm³/mol. The van der Waals surface area contributed by atoms with E-state index in [1.54, 1.807) is 53.3 Å². The van der Waals surface area contributed by atoms with Gasteiger partial charge in [0.1, 0.15) is 11.4 Å². The Kier molecular flexibility index (Phi) is 4.38. The fraction of sp³-hybridized carbons (Fsp3) is 0.312. The number of aryl methyl sites for hydroxylation is 1. The van der Waals surface area contributed by atoms with Gasteiger partial charge in [0.15, 0.2) is 5.69 Å². The first kappa shape index (κ1) is 15.2. The number of carbonyl (C=O) groups is 1. The summed E-state index contributed by atoms with van der Waals surface area (Å²) in [6, 6.07) is 6.67. The van der Waals surface area contributed by atoms with Crippen LogP contribution in [0, 0.1) is 0 Å². The predicted octanol–water partition coefficient (Wildman–Crippen LogP) is 1.35. The molecular weight excluding hydrogens is 296 g/mol. The van der Waals surface area contributed by atoms with Crippen LogP contribution in [-0.2, 0) is 11.8 Å². The number of benzene rings is 1. The molecule has 1 aliphatic rings. The summed E-state index contributed by atoms with van der Waals surface area (Å²) in [5, 5.41) is 13.4. The number of nitrogens with zero attached hydrogens (tertiary/aromatic N) is 4. The van der Waals surface area contributed by atoms with Gasteiger partial charge in [-0.25, -0.2) is 0 Å². The number of rotatable bonds is 3. The van der Waals surface area contributed by atoms with E-state index in [9.17, 15) is 9.90 Å². The van der Waals surface area contributed by atoms with Gasteiger partial charge in [-0.15, -0.1) is 0 Å². The number of hydrogen-bond donors (Lipinski definition) is 1. The number of carbonyl (C=O) groups excluding carboxylic acids is 1. The minimum atomic E-state index is -0.0915. The maximum atomic E-state index is 12.7. The van der Waals surface area contributed by atoms with Crippen LogP contribution in [0.2, 0.25) is 0 Å². The minimum Gasteiger partial charge on any atom is -0.508 e. The van der Waals surface area contributed by atoms with E-state index in [2.05, 4.69) is 10.1 Å². The van der Waals surface area contributed by atoms with Gasteiger partial charge in [-0.2, -0.15) is 5.10 Å². The molecule has 2 aromatic rings. The lowest BCUT2D eigenvalue weighted by molar-refractivity contribution is 0.0296. The van der Waals surface area contributed by atoms with E-state index in [1.165, 1.54) is 0 Å². The summed E-state index contributed by atoms with van der Waals surface area (Å²) in [7, 11) is 1.73. The number of morpholine rings is 1. The molecule has 0 aliphatic carbocycles. The van der Waals surface area contributed by atoms with Crippen molar-refractivity contribution in [3.63, 3.8) is 0 Å². The number of aromatic hydroxyl groups is 1. The molecule has 2 heterocycles. The maximum absolute atomic E-state index is 12.7. The summed E-state index contributed by atoms with van der Waals surface area (Å²) in [5.74, 6) is 0.109. The number of ether oxygens (including phenoxy) is 1. The van der Waals surface area contributed by atoms with Crippen molar-refractivity contribution in [3.05, 3.63) is 41.7 Å². The Hall–Kier alpha value is -2.67. The minimum absolute atomic E-state index is 0.0915. The van der Waals surface area contributed by atoms with E-state index in [0.29, 0.717) is 37.7 Å². The molecular formula is C16H18N4O3. The normalized spacial score (nSPS) is 15.3. The lowest BCUT2D eigenvalue weighted by atomic mass is 10.2. The smallest absolute Gasteiger partial charge is 0.274 e. The second-order valence-corrected chi connectivity index (χ2v) is 5.26. The summed E-state index contributed by atoms with van der Waals surface area (Å²) in [4.78, 5) is 18.8. The zero-order chi connectivity index (χ0) is 16.2. The molecule has 7 nitrogen and oxygen atoms in total. The van der Waals surface area contributed by atoms with E-state index < -0.39 is 0 Å². The van der Waals surface area contributed by atoms with E-state index in [4.69, 9.17) is 4.74 Å². The lowest BCUT2D eigenvalue weighted by Crippen LogP contribution is -2.41. The molecule has 3 rings (SSSR count). The third-order valence-electron chi connectivity index (χ3n) is 3.67. The Morgan fingerprint density at radius 2 is 2.00 bits per heavy atom. The Labute approximate surface area is 133 Å². The molecule has 23 heavy (non-hydrogen) atoms. The van der Waals surface area contributed by atoms with Gasteiger partial charge in [0.25, 0.3) is 5.91 Å². The van der Waals surface area contributed by atoms with Gasteiger partial charge >= 0.3 is 0 Å². The summed E-state index contributed by atoms with van der Waals surface area (Å²) in [5.41, 5.74) is 1.82. The van der Waals surface area contributed by atoms with Crippen LogP contribution in [0.1, 0.15) is 16.1 Å². The first-order valence-corrected chi connectivity index (χ1v) is 7.37. The van der Waals surface area contributed by atoms with Crippen molar-refractivity contribution in [3.8, 4) is 5.75 Å². The van der Waals surface area contributed by atoms with Crippen molar-refractivity contribution in [2.45, 2.75) is 0 Å². The van der Waals surface area contributed by atoms with Crippen LogP contribution < -0.4 is 0 Å². The van der Waals surface area contributed by atoms with E-state index in [-0.39, 0.29) is 11.7 Å². The fourth-order valence-electron chi connectivity index (χ4n) is 2.39. The Morgan fingerprint density at radius 3 is 2.70 bits per heavy atom. The number of aliphatic imine (C=N–C) groups is 1. The molecule has 1 fully saturated rings. The number of phenols is 1. The standard InChI is InChI=1S/C16H18N4O3/c1-19-15(16(22)20-6-8-23-9-7-20)14(11-18-19)17-10-12-2-4-13(21)5-3-12/h2-5,10-11,21H,6-9H2,1H3. The van der Waals surface area contributed by atoms with Gasteiger partial charge < -0.3 is 14.7 Å².